The minimum atomic E-state index is -1.64. The first-order valence-electron chi connectivity index (χ1n) is 16.9. The van der Waals surface area contributed by atoms with Gasteiger partial charge in [-0.15, -0.1) is 0 Å². The minimum Gasteiger partial charge on any atom is -0.481 e. The van der Waals surface area contributed by atoms with Crippen molar-refractivity contribution >= 4 is 52.6 Å². The fourth-order valence-corrected chi connectivity index (χ4v) is 5.19. The van der Waals surface area contributed by atoms with Crippen LogP contribution >= 0.6 is 0 Å². The molecule has 2 aromatic carbocycles. The van der Waals surface area contributed by atoms with Crippen LogP contribution in [0.4, 0.5) is 4.79 Å². The minimum absolute atomic E-state index is 0.0705. The highest BCUT2D eigenvalue weighted by atomic mass is 16.6. The van der Waals surface area contributed by atoms with Gasteiger partial charge in [-0.1, -0.05) is 54.5 Å². The number of urea groups is 1. The lowest BCUT2D eigenvalue weighted by Gasteiger charge is -2.24. The number of fused-ring (bicyclic) bond motifs is 1. The number of carboxylic acid groups (broad SMARTS) is 3. The van der Waals surface area contributed by atoms with Crippen molar-refractivity contribution in [2.75, 3.05) is 19.8 Å². The summed E-state index contributed by atoms with van der Waals surface area (Å²) in [5, 5.41) is 78.5. The number of carbonyl (C=O) groups is 6. The van der Waals surface area contributed by atoms with Gasteiger partial charge in [0.05, 0.1) is 12.7 Å². The molecule has 7 atom stereocenters. The van der Waals surface area contributed by atoms with Crippen LogP contribution in [0.5, 0.6) is 0 Å². The van der Waals surface area contributed by atoms with Gasteiger partial charge in [0.1, 0.15) is 24.3 Å². The number of aliphatic hydroxyl groups is 4. The van der Waals surface area contributed by atoms with Crippen molar-refractivity contribution in [3.05, 3.63) is 48.0 Å². The van der Waals surface area contributed by atoms with Crippen LogP contribution in [-0.2, 0) is 35.2 Å². The average molecular weight is 749 g/mol. The summed E-state index contributed by atoms with van der Waals surface area (Å²) in [4.78, 5) is 77.3. The third-order valence-electron chi connectivity index (χ3n) is 8.28. The number of amides is 3. The number of nitrogens with zero attached hydrogens (tertiary/aromatic N) is 1. The fraction of sp³-hybridized carbons (Fsp3) is 0.514. The van der Waals surface area contributed by atoms with Crippen molar-refractivity contribution in [2.24, 2.45) is 17.0 Å². The average Bonchev–Trinajstić information content (AvgIpc) is 3.12. The van der Waals surface area contributed by atoms with Crippen LogP contribution in [0.3, 0.4) is 0 Å². The molecule has 0 radical (unpaired) electrons. The molecule has 18 heteroatoms. The first-order valence-corrected chi connectivity index (χ1v) is 16.9. The molecule has 0 saturated heterocycles. The second-order valence-electron chi connectivity index (χ2n) is 12.6. The lowest BCUT2D eigenvalue weighted by Crippen LogP contribution is -2.51. The molecule has 53 heavy (non-hydrogen) atoms. The Labute approximate surface area is 304 Å². The number of rotatable bonds is 25. The lowest BCUT2D eigenvalue weighted by atomic mass is 9.92. The predicted molar refractivity (Wildman–Crippen MR) is 188 cm³/mol. The van der Waals surface area contributed by atoms with Gasteiger partial charge in [-0.2, -0.15) is 0 Å². The number of nitrogens with one attached hydrogen (secondary N) is 3. The van der Waals surface area contributed by atoms with E-state index in [0.717, 1.165) is 22.6 Å². The number of unbranched alkanes of at least 4 members (excludes halogenated alkanes) is 1. The third-order valence-corrected chi connectivity index (χ3v) is 8.28. The van der Waals surface area contributed by atoms with Crippen molar-refractivity contribution < 1.29 is 69.4 Å². The molecule has 0 aliphatic heterocycles. The topological polar surface area (TPSA) is 302 Å². The summed E-state index contributed by atoms with van der Waals surface area (Å²) in [5.74, 6) is -6.68. The Kier molecular flexibility index (Phi) is 18.8. The molecule has 2 rings (SSSR count). The zero-order valence-electron chi connectivity index (χ0n) is 29.2. The molecule has 18 nitrogen and oxygen atoms in total. The quantitative estimate of drug-likeness (QED) is 0.0364. The normalized spacial score (nSPS) is 15.3. The van der Waals surface area contributed by atoms with Gasteiger partial charge in [0.15, 0.2) is 12.4 Å². The molecule has 0 heterocycles. The molecule has 0 bridgehead atoms. The highest BCUT2D eigenvalue weighted by Gasteiger charge is 2.28. The molecular formula is C35H48N4O14. The number of carboxylic acids is 3. The van der Waals surface area contributed by atoms with E-state index in [2.05, 4.69) is 21.1 Å². The largest absolute Gasteiger partial charge is 0.481 e. The van der Waals surface area contributed by atoms with Crippen LogP contribution in [0, 0.1) is 11.8 Å². The van der Waals surface area contributed by atoms with Gasteiger partial charge >= 0.3 is 23.9 Å². The Hall–Kier alpha value is -5.17. The molecule has 0 spiro atoms. The number of hydrogen-bond acceptors (Lipinski definition) is 12. The number of hydrogen-bond donors (Lipinski definition) is 10. The number of aliphatic hydroxyl groups excluding tert-OH is 4. The number of Topliss-reactive ketones (excluding diaryl/α,β-unsaturated/α-hetero) is 1. The first-order chi connectivity index (χ1) is 25.1. The van der Waals surface area contributed by atoms with Gasteiger partial charge < -0.3 is 56.5 Å². The molecule has 7 unspecified atom stereocenters. The first kappa shape index (κ1) is 44.0. The van der Waals surface area contributed by atoms with Crippen molar-refractivity contribution in [3.8, 4) is 0 Å². The molecule has 292 valence electrons. The SMILES string of the molecule is CC(/C=N\OCC(=O)CC(Cc1ccc2ccccc2c1)C(=O)NCCCCC(NC(=O)NC(CCC(=O)O)C(=O)O)C(=O)O)C(O)C(O)C(O)CO. The van der Waals surface area contributed by atoms with E-state index >= 15 is 0 Å². The maximum atomic E-state index is 13.3. The summed E-state index contributed by atoms with van der Waals surface area (Å²) in [5.41, 5.74) is 0.795. The van der Waals surface area contributed by atoms with E-state index in [4.69, 9.17) is 15.1 Å². The maximum absolute atomic E-state index is 13.3. The molecule has 2 aromatic rings. The molecular weight excluding hydrogens is 700 g/mol. The number of ketones is 1. The van der Waals surface area contributed by atoms with Gasteiger partial charge in [-0.05, 0) is 48.4 Å². The van der Waals surface area contributed by atoms with E-state index in [1.807, 2.05) is 42.5 Å². The highest BCUT2D eigenvalue weighted by molar-refractivity contribution is 5.88. The summed E-state index contributed by atoms with van der Waals surface area (Å²) >= 11 is 0. The van der Waals surface area contributed by atoms with Crippen LogP contribution in [0.2, 0.25) is 0 Å². The summed E-state index contributed by atoms with van der Waals surface area (Å²) in [6.07, 6.45) is -4.07. The van der Waals surface area contributed by atoms with Gasteiger partial charge in [-0.3, -0.25) is 14.4 Å². The van der Waals surface area contributed by atoms with Crippen LogP contribution in [0.25, 0.3) is 10.8 Å². The van der Waals surface area contributed by atoms with Crippen LogP contribution in [-0.4, -0.2) is 128 Å². The zero-order valence-corrected chi connectivity index (χ0v) is 29.2. The van der Waals surface area contributed by atoms with E-state index in [0.29, 0.717) is 0 Å². The Morgan fingerprint density at radius 2 is 1.49 bits per heavy atom. The van der Waals surface area contributed by atoms with Gasteiger partial charge in [0.2, 0.25) is 5.91 Å². The molecule has 10 N–H and O–H groups in total. The molecule has 3 amide bonds. The smallest absolute Gasteiger partial charge is 0.326 e. The van der Waals surface area contributed by atoms with Gasteiger partial charge in [0, 0.05) is 37.4 Å². The lowest BCUT2D eigenvalue weighted by molar-refractivity contribution is -0.141. The van der Waals surface area contributed by atoms with Crippen LogP contribution < -0.4 is 16.0 Å². The Bertz CT molecular complexity index is 1570. The highest BCUT2D eigenvalue weighted by Crippen LogP contribution is 2.20. The van der Waals surface area contributed by atoms with Crippen molar-refractivity contribution in [1.29, 1.82) is 0 Å². The number of benzene rings is 2. The third kappa shape index (κ3) is 15.9. The zero-order chi connectivity index (χ0) is 39.5. The van der Waals surface area contributed by atoms with E-state index < -0.39 is 104 Å². The van der Waals surface area contributed by atoms with Crippen LogP contribution in [0.15, 0.2) is 47.6 Å². The van der Waals surface area contributed by atoms with Crippen LogP contribution in [0.1, 0.15) is 51.0 Å². The molecule has 0 saturated carbocycles. The monoisotopic (exact) mass is 748 g/mol. The van der Waals surface area contributed by atoms with Gasteiger partial charge in [-0.25, -0.2) is 14.4 Å². The van der Waals surface area contributed by atoms with E-state index in [9.17, 15) is 54.3 Å². The fourth-order valence-electron chi connectivity index (χ4n) is 5.19. The Morgan fingerprint density at radius 3 is 2.11 bits per heavy atom. The summed E-state index contributed by atoms with van der Waals surface area (Å²) in [6, 6.07) is 9.25. The standard InChI is InChI=1S/C35H48N4O14/c1-20(30(45)31(46)28(42)18-40)17-37-53-19-25(41)16-24(15-21-9-10-22-6-2-3-7-23(22)14-21)32(47)36-13-5-4-8-26(33(48)49)38-35(52)39-27(34(50)51)11-12-29(43)44/h2-3,6-7,9-10,14,17,20,24,26-28,30-31,40,42,45-46H,4-5,8,11-13,15-16,18-19H2,1H3,(H,36,47)(H,43,44)(H,48,49)(H,50,51)(H2,38,39,52)/b37-17-. The number of carbonyl (C=O) groups excluding carboxylic acids is 3. The van der Waals surface area contributed by atoms with Crippen molar-refractivity contribution in [2.45, 2.75) is 82.3 Å². The van der Waals surface area contributed by atoms with E-state index in [1.165, 1.54) is 6.92 Å². The summed E-state index contributed by atoms with van der Waals surface area (Å²) in [6.45, 7) is 0.303. The molecule has 0 fully saturated rings. The predicted octanol–water partition coefficient (Wildman–Crippen LogP) is 0.0281. The van der Waals surface area contributed by atoms with E-state index in [1.54, 1.807) is 0 Å². The van der Waals surface area contributed by atoms with Crippen molar-refractivity contribution in [3.63, 3.8) is 0 Å². The maximum Gasteiger partial charge on any atom is 0.326 e. The van der Waals surface area contributed by atoms with Gasteiger partial charge in [0.25, 0.3) is 0 Å². The number of oxime groups is 1. The number of aliphatic carboxylic acids is 3. The van der Waals surface area contributed by atoms with E-state index in [-0.39, 0.29) is 38.6 Å². The molecule has 0 aliphatic carbocycles. The summed E-state index contributed by atoms with van der Waals surface area (Å²) < 4.78 is 0. The Morgan fingerprint density at radius 1 is 0.849 bits per heavy atom. The summed E-state index contributed by atoms with van der Waals surface area (Å²) in [7, 11) is 0. The Balaban J connectivity index is 1.97. The van der Waals surface area contributed by atoms with Crippen molar-refractivity contribution in [1.82, 2.24) is 16.0 Å². The second-order valence-corrected chi connectivity index (χ2v) is 12.6. The molecule has 0 aromatic heterocycles. The molecule has 0 aliphatic rings. The second kappa shape index (κ2) is 22.7.